The third-order valence-corrected chi connectivity index (χ3v) is 9.24. The lowest BCUT2D eigenvalue weighted by molar-refractivity contribution is -0.147. The second kappa shape index (κ2) is 12.1. The van der Waals surface area contributed by atoms with Crippen LogP contribution in [0.1, 0.15) is 39.2 Å². The van der Waals surface area contributed by atoms with Gasteiger partial charge in [-0.3, -0.25) is 14.2 Å². The summed E-state index contributed by atoms with van der Waals surface area (Å²) in [5, 5.41) is 0.497. The largest absolute Gasteiger partial charge is 0.463 e. The predicted molar refractivity (Wildman–Crippen MR) is 163 cm³/mol. The molecule has 5 rings (SSSR count). The molecule has 0 saturated carbocycles. The van der Waals surface area contributed by atoms with Crippen LogP contribution < -0.4 is 4.90 Å². The summed E-state index contributed by atoms with van der Waals surface area (Å²) in [7, 11) is -3.97. The summed E-state index contributed by atoms with van der Waals surface area (Å²) >= 11 is 12.5. The first-order valence-electron chi connectivity index (χ1n) is 13.5. The fourth-order valence-electron chi connectivity index (χ4n) is 5.14. The zero-order valence-electron chi connectivity index (χ0n) is 23.7. The van der Waals surface area contributed by atoms with Crippen LogP contribution in [-0.2, 0) is 36.1 Å². The molecule has 10 nitrogen and oxygen atoms in total. The van der Waals surface area contributed by atoms with Crippen LogP contribution in [0.15, 0.2) is 72.4 Å². The number of carbonyl (C=O) groups excluding carboxylic acids is 2. The number of imidazole rings is 1. The minimum atomic E-state index is -3.97. The fourth-order valence-corrected chi connectivity index (χ4v) is 7.17. The smallest absolute Gasteiger partial charge is 0.306 e. The van der Waals surface area contributed by atoms with E-state index >= 15 is 0 Å². The van der Waals surface area contributed by atoms with Crippen molar-refractivity contribution in [3.05, 3.63) is 83.0 Å². The third-order valence-electron chi connectivity index (χ3n) is 7.05. The summed E-state index contributed by atoms with van der Waals surface area (Å²) in [4.78, 5) is 40.1. The van der Waals surface area contributed by atoms with Gasteiger partial charge in [-0.25, -0.2) is 28.3 Å². The van der Waals surface area contributed by atoms with Crippen LogP contribution in [-0.4, -0.2) is 51.7 Å². The highest BCUT2D eigenvalue weighted by Crippen LogP contribution is 2.44. The van der Waals surface area contributed by atoms with Crippen molar-refractivity contribution in [2.45, 2.75) is 56.7 Å². The molecule has 0 radical (unpaired) electrons. The lowest BCUT2D eigenvalue weighted by Crippen LogP contribution is -2.42. The van der Waals surface area contributed by atoms with E-state index in [1.807, 2.05) is 24.3 Å². The normalized spacial score (nSPS) is 16.5. The van der Waals surface area contributed by atoms with Crippen molar-refractivity contribution in [1.82, 2.24) is 19.5 Å². The van der Waals surface area contributed by atoms with Crippen molar-refractivity contribution in [2.24, 2.45) is 0 Å². The molecule has 3 heterocycles. The molecule has 2 aromatic carbocycles. The molecule has 0 saturated heterocycles. The van der Waals surface area contributed by atoms with Gasteiger partial charge in [-0.15, -0.1) is 0 Å². The second-order valence-corrected chi connectivity index (χ2v) is 13.7. The van der Waals surface area contributed by atoms with Crippen LogP contribution in [0, 0.1) is 0 Å². The molecule has 13 heteroatoms. The molecule has 1 atom stereocenters. The van der Waals surface area contributed by atoms with Gasteiger partial charge in [0.15, 0.2) is 14.9 Å². The highest BCUT2D eigenvalue weighted by molar-refractivity contribution is 7.91. The maximum absolute atomic E-state index is 14.3. The monoisotopic (exact) mass is 641 g/mol. The Kier molecular flexibility index (Phi) is 8.60. The van der Waals surface area contributed by atoms with Crippen LogP contribution >= 0.6 is 23.2 Å². The van der Waals surface area contributed by atoms with Gasteiger partial charge in [-0.1, -0.05) is 47.5 Å². The average Bonchev–Trinajstić information content (AvgIpc) is 3.47. The molecular weight excluding hydrogens is 613 g/mol. The van der Waals surface area contributed by atoms with Crippen molar-refractivity contribution in [3.63, 3.8) is 0 Å². The predicted octanol–water partition coefficient (Wildman–Crippen LogP) is 5.79. The number of sulfone groups is 1. The maximum Gasteiger partial charge on any atom is 0.306 e. The molecule has 0 bridgehead atoms. The van der Waals surface area contributed by atoms with Crippen LogP contribution in [0.3, 0.4) is 0 Å². The lowest BCUT2D eigenvalue weighted by Gasteiger charge is -2.27. The molecule has 0 N–H and O–H groups in total. The van der Waals surface area contributed by atoms with E-state index in [1.54, 1.807) is 51.4 Å². The van der Waals surface area contributed by atoms with Crippen LogP contribution in [0.5, 0.6) is 0 Å². The van der Waals surface area contributed by atoms with Crippen LogP contribution in [0.2, 0.25) is 10.0 Å². The molecule has 2 aromatic heterocycles. The van der Waals surface area contributed by atoms with Gasteiger partial charge in [0.05, 0.1) is 23.7 Å². The number of anilines is 2. The van der Waals surface area contributed by atoms with E-state index in [4.69, 9.17) is 27.9 Å². The van der Waals surface area contributed by atoms with Crippen molar-refractivity contribution in [2.75, 3.05) is 10.7 Å². The summed E-state index contributed by atoms with van der Waals surface area (Å²) in [5.74, 6) is -1.07. The Morgan fingerprint density at radius 2 is 1.65 bits per heavy atom. The number of carbonyl (C=O) groups is 2. The molecule has 1 unspecified atom stereocenters. The first-order valence-corrected chi connectivity index (χ1v) is 16.0. The van der Waals surface area contributed by atoms with E-state index in [9.17, 15) is 18.0 Å². The van der Waals surface area contributed by atoms with E-state index in [-0.39, 0.29) is 42.1 Å². The number of nitrogens with zero attached hydrogens (tertiary/aromatic N) is 5. The topological polar surface area (TPSA) is 124 Å². The number of fused-ring (bicyclic) bond motifs is 1. The van der Waals surface area contributed by atoms with E-state index in [0.29, 0.717) is 15.7 Å². The van der Waals surface area contributed by atoms with E-state index in [2.05, 4.69) is 15.0 Å². The quantitative estimate of drug-likeness (QED) is 0.199. The number of hydrogen-bond acceptors (Lipinski definition) is 8. The van der Waals surface area contributed by atoms with Crippen LogP contribution in [0.25, 0.3) is 11.1 Å². The van der Waals surface area contributed by atoms with Gasteiger partial charge >= 0.3 is 5.97 Å². The van der Waals surface area contributed by atoms with Crippen LogP contribution in [0.4, 0.5) is 11.6 Å². The zero-order chi connectivity index (χ0) is 30.9. The first-order chi connectivity index (χ1) is 20.4. The number of halogens is 2. The molecule has 0 aliphatic carbocycles. The Hall–Kier alpha value is -3.80. The van der Waals surface area contributed by atoms with Gasteiger partial charge in [0.25, 0.3) is 5.91 Å². The Morgan fingerprint density at radius 1 is 1.00 bits per heavy atom. The Labute approximate surface area is 259 Å². The molecule has 224 valence electrons. The number of rotatable bonds is 10. The fraction of sp³-hybridized carbons (Fsp3) is 0.300. The Morgan fingerprint density at radius 3 is 2.28 bits per heavy atom. The molecule has 1 aliphatic rings. The zero-order valence-corrected chi connectivity index (χ0v) is 26.0. The minimum absolute atomic E-state index is 0.0529. The summed E-state index contributed by atoms with van der Waals surface area (Å²) in [5.41, 5.74) is 1.50. The summed E-state index contributed by atoms with van der Waals surface area (Å²) < 4.78 is 33.9. The molecule has 43 heavy (non-hydrogen) atoms. The van der Waals surface area contributed by atoms with E-state index < -0.39 is 27.3 Å². The van der Waals surface area contributed by atoms with Gasteiger partial charge in [0, 0.05) is 40.8 Å². The molecule has 0 fully saturated rings. The van der Waals surface area contributed by atoms with Gasteiger partial charge in [-0.05, 0) is 56.5 Å². The molecule has 0 spiro atoms. The number of hydrogen-bond donors (Lipinski definition) is 0. The van der Waals surface area contributed by atoms with Gasteiger partial charge in [-0.2, -0.15) is 0 Å². The standard InChI is InChI=1S/C30H29Cl2N5O5S/c1-19(2)42-27(38)5-4-10-43(40,41)26-17-35-29-36(25-12-23(31)11-24(32)13-25)28(39)30(3,37(26)29)14-20-6-8-21(9-7-20)22-15-33-18-34-16-22/h6-9,11-13,15-19H,4-5,10,14H2,1-3H3. The second-order valence-electron chi connectivity index (χ2n) is 10.7. The lowest BCUT2D eigenvalue weighted by atomic mass is 9.91. The SMILES string of the molecule is CC(C)OC(=O)CCCS(=O)(=O)c1cnc2n1C(C)(Cc1ccc(-c3cncnc3)cc1)C(=O)N2c1cc(Cl)cc(Cl)c1. The molecule has 1 amide bonds. The molecular formula is C30H29Cl2N5O5S. The number of benzene rings is 2. The number of amides is 1. The highest BCUT2D eigenvalue weighted by atomic mass is 35.5. The maximum atomic E-state index is 14.3. The van der Waals surface area contributed by atoms with Gasteiger partial charge in [0.2, 0.25) is 5.95 Å². The van der Waals surface area contributed by atoms with E-state index in [0.717, 1.165) is 16.7 Å². The van der Waals surface area contributed by atoms with Crippen molar-refractivity contribution in [1.29, 1.82) is 0 Å². The van der Waals surface area contributed by atoms with Gasteiger partial charge < -0.3 is 4.74 Å². The third kappa shape index (κ3) is 6.29. The van der Waals surface area contributed by atoms with Crippen molar-refractivity contribution < 1.29 is 22.7 Å². The highest BCUT2D eigenvalue weighted by Gasteiger charge is 2.51. The summed E-state index contributed by atoms with van der Waals surface area (Å²) in [6, 6.07) is 12.2. The Balaban J connectivity index is 1.53. The number of esters is 1. The van der Waals surface area contributed by atoms with Crippen molar-refractivity contribution >= 4 is 56.6 Å². The van der Waals surface area contributed by atoms with Gasteiger partial charge in [0.1, 0.15) is 11.9 Å². The average molecular weight is 643 g/mol. The summed E-state index contributed by atoms with van der Waals surface area (Å²) in [6.07, 6.45) is 5.97. The number of ether oxygens (including phenoxy) is 1. The Bertz CT molecular complexity index is 1760. The molecule has 4 aromatic rings. The summed E-state index contributed by atoms with van der Waals surface area (Å²) in [6.45, 7) is 5.14. The van der Waals surface area contributed by atoms with Crippen molar-refractivity contribution in [3.8, 4) is 11.1 Å². The minimum Gasteiger partial charge on any atom is -0.463 e. The number of aromatic nitrogens is 4. The molecule has 1 aliphatic heterocycles. The van der Waals surface area contributed by atoms with E-state index in [1.165, 1.54) is 22.0 Å². The first kappa shape index (κ1) is 30.7.